The van der Waals surface area contributed by atoms with Crippen LogP contribution in [0.2, 0.25) is 0 Å². The lowest BCUT2D eigenvalue weighted by Crippen LogP contribution is -2.38. The fourth-order valence-electron chi connectivity index (χ4n) is 1.74. The predicted octanol–water partition coefficient (Wildman–Crippen LogP) is -0.880. The molecule has 0 aromatic carbocycles. The van der Waals surface area contributed by atoms with Crippen molar-refractivity contribution in [3.05, 3.63) is 12.3 Å². The van der Waals surface area contributed by atoms with Gasteiger partial charge in [0.15, 0.2) is 11.8 Å². The van der Waals surface area contributed by atoms with Gasteiger partial charge in [-0.1, -0.05) is 0 Å². The Bertz CT molecular complexity index is 378. The summed E-state index contributed by atoms with van der Waals surface area (Å²) in [7, 11) is 0. The summed E-state index contributed by atoms with van der Waals surface area (Å²) in [5, 5.41) is 4.25. The Balaban J connectivity index is 1.82. The van der Waals surface area contributed by atoms with Crippen LogP contribution in [0.3, 0.4) is 0 Å². The summed E-state index contributed by atoms with van der Waals surface area (Å²) in [5.41, 5.74) is 10.6. The molecule has 2 rings (SSSR count). The molecule has 94 valence electrons. The topological polar surface area (TPSA) is 94.7 Å². The second-order valence-electron chi connectivity index (χ2n) is 3.93. The second-order valence-corrected chi connectivity index (χ2v) is 3.93. The van der Waals surface area contributed by atoms with E-state index in [9.17, 15) is 0 Å². The normalized spacial score (nSPS) is 16.9. The van der Waals surface area contributed by atoms with Gasteiger partial charge >= 0.3 is 0 Å². The molecular formula is C10H18N6O. The van der Waals surface area contributed by atoms with Crippen LogP contribution in [0.4, 0.5) is 5.82 Å². The lowest BCUT2D eigenvalue weighted by Gasteiger charge is -2.26. The molecule has 7 nitrogen and oxygen atoms in total. The average molecular weight is 238 g/mol. The van der Waals surface area contributed by atoms with Crippen molar-refractivity contribution in [2.75, 3.05) is 32.8 Å². The zero-order chi connectivity index (χ0) is 12.1. The number of nitrogens with two attached hydrogens (primary N) is 2. The quantitative estimate of drug-likeness (QED) is 0.524. The minimum atomic E-state index is 0.0310. The molecule has 7 heteroatoms. The number of nitrogens with zero attached hydrogens (tertiary/aromatic N) is 4. The van der Waals surface area contributed by atoms with Crippen LogP contribution in [0.25, 0.3) is 0 Å². The number of hydrogen-bond acceptors (Lipinski definition) is 4. The summed E-state index contributed by atoms with van der Waals surface area (Å²) in [5.74, 6) is 0.579. The van der Waals surface area contributed by atoms with E-state index in [1.807, 2.05) is 10.9 Å². The van der Waals surface area contributed by atoms with Crippen molar-refractivity contribution < 1.29 is 4.74 Å². The highest BCUT2D eigenvalue weighted by molar-refractivity contribution is 5.78. The Hall–Kier alpha value is -1.60. The van der Waals surface area contributed by atoms with E-state index in [1.54, 1.807) is 6.07 Å². The smallest absolute Gasteiger partial charge is 0.192 e. The van der Waals surface area contributed by atoms with Gasteiger partial charge in [-0.05, 0) is 0 Å². The number of hydrogen-bond donors (Lipinski definition) is 2. The Labute approximate surface area is 100 Å². The number of guanidine groups is 1. The zero-order valence-corrected chi connectivity index (χ0v) is 9.75. The Morgan fingerprint density at radius 1 is 1.35 bits per heavy atom. The standard InChI is InChI=1S/C10H18N6O/c11-10(12)13-9-1-2-16(14-9)4-3-15-5-7-17-8-6-15/h1-2H,3-8H2,(H4,11,12,13,14). The Morgan fingerprint density at radius 3 is 2.82 bits per heavy atom. The Kier molecular flexibility index (Phi) is 3.94. The molecule has 1 aliphatic rings. The van der Waals surface area contributed by atoms with Crippen LogP contribution < -0.4 is 11.5 Å². The van der Waals surface area contributed by atoms with Crippen LogP contribution in [0.5, 0.6) is 0 Å². The van der Waals surface area contributed by atoms with Crippen LogP contribution >= 0.6 is 0 Å². The highest BCUT2D eigenvalue weighted by Gasteiger charge is 2.09. The third-order valence-electron chi connectivity index (χ3n) is 2.62. The minimum absolute atomic E-state index is 0.0310. The van der Waals surface area contributed by atoms with E-state index in [4.69, 9.17) is 16.2 Å². The third-order valence-corrected chi connectivity index (χ3v) is 2.62. The van der Waals surface area contributed by atoms with E-state index < -0.39 is 0 Å². The van der Waals surface area contributed by atoms with Crippen molar-refractivity contribution in [2.45, 2.75) is 6.54 Å². The molecule has 0 atom stereocenters. The van der Waals surface area contributed by atoms with Crippen LogP contribution in [-0.2, 0) is 11.3 Å². The number of rotatable bonds is 4. The van der Waals surface area contributed by atoms with E-state index in [0.717, 1.165) is 39.4 Å². The molecule has 1 saturated heterocycles. The lowest BCUT2D eigenvalue weighted by atomic mass is 10.4. The summed E-state index contributed by atoms with van der Waals surface area (Å²) in [6.45, 7) is 5.41. The van der Waals surface area contributed by atoms with E-state index in [-0.39, 0.29) is 5.96 Å². The van der Waals surface area contributed by atoms with Crippen LogP contribution in [0, 0.1) is 0 Å². The summed E-state index contributed by atoms with van der Waals surface area (Å²) >= 11 is 0. The molecule has 0 bridgehead atoms. The maximum atomic E-state index is 5.29. The van der Waals surface area contributed by atoms with E-state index >= 15 is 0 Å². The molecule has 1 aliphatic heterocycles. The fraction of sp³-hybridized carbons (Fsp3) is 0.600. The van der Waals surface area contributed by atoms with Crippen molar-refractivity contribution in [2.24, 2.45) is 16.5 Å². The third kappa shape index (κ3) is 3.72. The molecule has 17 heavy (non-hydrogen) atoms. The first-order valence-electron chi connectivity index (χ1n) is 5.67. The molecule has 1 aromatic heterocycles. The fourth-order valence-corrected chi connectivity index (χ4v) is 1.74. The van der Waals surface area contributed by atoms with Crippen molar-refractivity contribution >= 4 is 11.8 Å². The zero-order valence-electron chi connectivity index (χ0n) is 9.75. The number of aromatic nitrogens is 2. The van der Waals surface area contributed by atoms with E-state index in [2.05, 4.69) is 15.0 Å². The van der Waals surface area contributed by atoms with Gasteiger partial charge in [-0.2, -0.15) is 10.1 Å². The van der Waals surface area contributed by atoms with Gasteiger partial charge in [-0.15, -0.1) is 0 Å². The SMILES string of the molecule is NC(N)=Nc1ccn(CCN2CCOCC2)n1. The highest BCUT2D eigenvalue weighted by atomic mass is 16.5. The summed E-state index contributed by atoms with van der Waals surface area (Å²) in [6.07, 6.45) is 1.88. The first kappa shape index (κ1) is 11.9. The van der Waals surface area contributed by atoms with Gasteiger partial charge in [-0.3, -0.25) is 9.58 Å². The average Bonchev–Trinajstić information content (AvgIpc) is 2.75. The Morgan fingerprint density at radius 2 is 2.12 bits per heavy atom. The van der Waals surface area contributed by atoms with Crippen molar-refractivity contribution in [1.29, 1.82) is 0 Å². The summed E-state index contributed by atoms with van der Waals surface area (Å²) in [4.78, 5) is 6.23. The molecule has 4 N–H and O–H groups in total. The van der Waals surface area contributed by atoms with Gasteiger partial charge in [0.05, 0.1) is 19.8 Å². The molecule has 0 unspecified atom stereocenters. The van der Waals surface area contributed by atoms with Gasteiger partial charge in [0, 0.05) is 31.9 Å². The highest BCUT2D eigenvalue weighted by Crippen LogP contribution is 2.06. The number of morpholine rings is 1. The van der Waals surface area contributed by atoms with Gasteiger partial charge in [0.2, 0.25) is 0 Å². The maximum Gasteiger partial charge on any atom is 0.192 e. The first-order valence-corrected chi connectivity index (χ1v) is 5.67. The van der Waals surface area contributed by atoms with Crippen LogP contribution in [-0.4, -0.2) is 53.5 Å². The first-order chi connectivity index (χ1) is 8.24. The van der Waals surface area contributed by atoms with Crippen LogP contribution in [0.1, 0.15) is 0 Å². The molecule has 0 spiro atoms. The van der Waals surface area contributed by atoms with Gasteiger partial charge in [0.25, 0.3) is 0 Å². The largest absolute Gasteiger partial charge is 0.379 e. The predicted molar refractivity (Wildman–Crippen MR) is 65.0 cm³/mol. The molecule has 1 aromatic rings. The summed E-state index contributed by atoms with van der Waals surface area (Å²) in [6, 6.07) is 1.79. The van der Waals surface area contributed by atoms with E-state index in [1.165, 1.54) is 0 Å². The van der Waals surface area contributed by atoms with Gasteiger partial charge < -0.3 is 16.2 Å². The number of ether oxygens (including phenoxy) is 1. The monoisotopic (exact) mass is 238 g/mol. The molecule has 0 saturated carbocycles. The number of aliphatic imine (C=N–C) groups is 1. The van der Waals surface area contributed by atoms with Crippen molar-refractivity contribution in [3.63, 3.8) is 0 Å². The second kappa shape index (κ2) is 5.65. The molecule has 2 heterocycles. The van der Waals surface area contributed by atoms with Gasteiger partial charge in [0.1, 0.15) is 0 Å². The molecule has 0 aliphatic carbocycles. The molecular weight excluding hydrogens is 220 g/mol. The molecule has 0 amide bonds. The molecule has 1 fully saturated rings. The molecule has 0 radical (unpaired) electrons. The lowest BCUT2D eigenvalue weighted by molar-refractivity contribution is 0.0360. The van der Waals surface area contributed by atoms with Crippen molar-refractivity contribution in [1.82, 2.24) is 14.7 Å². The minimum Gasteiger partial charge on any atom is -0.379 e. The van der Waals surface area contributed by atoms with E-state index in [0.29, 0.717) is 5.82 Å². The summed E-state index contributed by atoms with van der Waals surface area (Å²) < 4.78 is 7.13. The van der Waals surface area contributed by atoms with Gasteiger partial charge in [-0.25, -0.2) is 0 Å². The van der Waals surface area contributed by atoms with Crippen molar-refractivity contribution in [3.8, 4) is 0 Å². The van der Waals surface area contributed by atoms with Crippen LogP contribution in [0.15, 0.2) is 17.3 Å². The maximum absolute atomic E-state index is 5.29.